The molecule has 0 aliphatic carbocycles. The number of benzene rings is 2. The Morgan fingerprint density at radius 3 is 2.43 bits per heavy atom. The molecule has 28 heavy (non-hydrogen) atoms. The molecule has 2 aromatic rings. The standard InChI is InChI=1S/C19H20Cl2N2O4S/c20-15-4-6-16(7-5-15)27-12-9-22-19(24)14-3-8-17(21)18(13-14)28(25,26)23-10-1-2-11-23/h3-8,13H,1-2,9-12H2,(H,22,24). The molecule has 1 fully saturated rings. The van der Waals surface area contributed by atoms with Crippen LogP contribution in [0.1, 0.15) is 23.2 Å². The van der Waals surface area contributed by atoms with E-state index >= 15 is 0 Å². The fourth-order valence-corrected chi connectivity index (χ4v) is 5.02. The fourth-order valence-electron chi connectivity index (χ4n) is 2.88. The highest BCUT2D eigenvalue weighted by molar-refractivity contribution is 7.89. The van der Waals surface area contributed by atoms with Gasteiger partial charge in [-0.05, 0) is 55.3 Å². The summed E-state index contributed by atoms with van der Waals surface area (Å²) in [6, 6.07) is 11.2. The lowest BCUT2D eigenvalue weighted by Crippen LogP contribution is -2.30. The van der Waals surface area contributed by atoms with E-state index in [4.69, 9.17) is 27.9 Å². The van der Waals surface area contributed by atoms with E-state index < -0.39 is 15.9 Å². The second-order valence-electron chi connectivity index (χ2n) is 6.31. The molecule has 0 atom stereocenters. The number of amides is 1. The summed E-state index contributed by atoms with van der Waals surface area (Å²) in [7, 11) is -3.70. The molecule has 3 rings (SSSR count). The van der Waals surface area contributed by atoms with E-state index in [1.807, 2.05) is 0 Å². The van der Waals surface area contributed by atoms with E-state index in [1.165, 1.54) is 22.5 Å². The highest BCUT2D eigenvalue weighted by Crippen LogP contribution is 2.28. The Labute approximate surface area is 174 Å². The van der Waals surface area contributed by atoms with Gasteiger partial charge in [-0.3, -0.25) is 4.79 Å². The summed E-state index contributed by atoms with van der Waals surface area (Å²) in [6.45, 7) is 1.46. The molecule has 1 aliphatic heterocycles. The molecule has 0 aromatic heterocycles. The smallest absolute Gasteiger partial charge is 0.251 e. The van der Waals surface area contributed by atoms with Crippen molar-refractivity contribution >= 4 is 39.1 Å². The number of rotatable bonds is 7. The number of carbonyl (C=O) groups excluding carboxylic acids is 1. The number of hydrogen-bond acceptors (Lipinski definition) is 4. The molecule has 1 amide bonds. The highest BCUT2D eigenvalue weighted by Gasteiger charge is 2.29. The Morgan fingerprint density at radius 1 is 1.07 bits per heavy atom. The summed E-state index contributed by atoms with van der Waals surface area (Å²) in [5, 5.41) is 3.43. The molecule has 0 spiro atoms. The summed E-state index contributed by atoms with van der Waals surface area (Å²) in [5.74, 6) is 0.248. The zero-order valence-corrected chi connectivity index (χ0v) is 17.4. The number of ether oxygens (including phenoxy) is 1. The monoisotopic (exact) mass is 442 g/mol. The first-order chi connectivity index (χ1) is 13.4. The molecule has 0 unspecified atom stereocenters. The van der Waals surface area contributed by atoms with Crippen LogP contribution in [0.3, 0.4) is 0 Å². The first-order valence-corrected chi connectivity index (χ1v) is 11.0. The topological polar surface area (TPSA) is 75.7 Å². The number of sulfonamides is 1. The molecule has 1 aliphatic rings. The Kier molecular flexibility index (Phi) is 6.82. The van der Waals surface area contributed by atoms with Crippen LogP contribution in [0.25, 0.3) is 0 Å². The maximum absolute atomic E-state index is 12.8. The van der Waals surface area contributed by atoms with Crippen molar-refractivity contribution in [2.45, 2.75) is 17.7 Å². The molecule has 0 radical (unpaired) electrons. The molecule has 0 bridgehead atoms. The van der Waals surface area contributed by atoms with Crippen LogP contribution in [0.5, 0.6) is 5.75 Å². The largest absolute Gasteiger partial charge is 0.492 e. The van der Waals surface area contributed by atoms with Crippen LogP contribution in [0.2, 0.25) is 10.0 Å². The summed E-state index contributed by atoms with van der Waals surface area (Å²) in [6.07, 6.45) is 1.65. The Morgan fingerprint density at radius 2 is 1.75 bits per heavy atom. The van der Waals surface area contributed by atoms with Gasteiger partial charge in [-0.15, -0.1) is 0 Å². The third-order valence-corrected chi connectivity index (χ3v) is 6.98. The number of carbonyl (C=O) groups is 1. The zero-order valence-electron chi connectivity index (χ0n) is 15.0. The minimum absolute atomic E-state index is 0.0406. The molecule has 1 N–H and O–H groups in total. The Balaban J connectivity index is 1.61. The number of nitrogens with one attached hydrogen (secondary N) is 1. The second-order valence-corrected chi connectivity index (χ2v) is 9.06. The summed E-state index contributed by atoms with van der Waals surface area (Å²) in [4.78, 5) is 12.3. The summed E-state index contributed by atoms with van der Waals surface area (Å²) in [5.41, 5.74) is 0.230. The van der Waals surface area contributed by atoms with E-state index in [1.54, 1.807) is 24.3 Å². The van der Waals surface area contributed by atoms with Gasteiger partial charge in [0, 0.05) is 23.7 Å². The van der Waals surface area contributed by atoms with Gasteiger partial charge in [0.05, 0.1) is 11.6 Å². The quantitative estimate of drug-likeness (QED) is 0.664. The van der Waals surface area contributed by atoms with Crippen molar-refractivity contribution in [1.29, 1.82) is 0 Å². The van der Waals surface area contributed by atoms with Gasteiger partial charge in [-0.25, -0.2) is 8.42 Å². The molecule has 9 heteroatoms. The lowest BCUT2D eigenvalue weighted by molar-refractivity contribution is 0.0947. The number of halogens is 2. The molecule has 0 saturated carbocycles. The van der Waals surface area contributed by atoms with Gasteiger partial charge in [0.15, 0.2) is 0 Å². The first-order valence-electron chi connectivity index (χ1n) is 8.84. The van der Waals surface area contributed by atoms with Gasteiger partial charge >= 0.3 is 0 Å². The van der Waals surface area contributed by atoms with Crippen LogP contribution in [0, 0.1) is 0 Å². The van der Waals surface area contributed by atoms with Gasteiger partial charge in [-0.2, -0.15) is 4.31 Å². The van der Waals surface area contributed by atoms with Gasteiger partial charge in [0.2, 0.25) is 10.0 Å². The maximum Gasteiger partial charge on any atom is 0.251 e. The molecular formula is C19H20Cl2N2O4S. The average molecular weight is 443 g/mol. The molecule has 6 nitrogen and oxygen atoms in total. The van der Waals surface area contributed by atoms with Gasteiger partial charge < -0.3 is 10.1 Å². The van der Waals surface area contributed by atoms with Gasteiger partial charge in [0.1, 0.15) is 17.3 Å². The second kappa shape index (κ2) is 9.13. The van der Waals surface area contributed by atoms with E-state index in [-0.39, 0.29) is 28.6 Å². The maximum atomic E-state index is 12.8. The summed E-state index contributed by atoms with van der Waals surface area (Å²) >= 11 is 11.9. The molecule has 150 valence electrons. The van der Waals surface area contributed by atoms with Crippen LogP contribution in [-0.4, -0.2) is 44.9 Å². The van der Waals surface area contributed by atoms with Crippen molar-refractivity contribution in [3.8, 4) is 5.75 Å². The fraction of sp³-hybridized carbons (Fsp3) is 0.316. The molecule has 1 heterocycles. The third-order valence-electron chi connectivity index (χ3n) is 4.35. The van der Waals surface area contributed by atoms with E-state index in [9.17, 15) is 13.2 Å². The lowest BCUT2D eigenvalue weighted by Gasteiger charge is -2.17. The van der Waals surface area contributed by atoms with Crippen LogP contribution >= 0.6 is 23.2 Å². The van der Waals surface area contributed by atoms with Crippen molar-refractivity contribution in [3.63, 3.8) is 0 Å². The number of nitrogens with zero attached hydrogens (tertiary/aromatic N) is 1. The molecule has 2 aromatic carbocycles. The minimum Gasteiger partial charge on any atom is -0.492 e. The molecular weight excluding hydrogens is 423 g/mol. The lowest BCUT2D eigenvalue weighted by atomic mass is 10.2. The van der Waals surface area contributed by atoms with Crippen molar-refractivity contribution in [1.82, 2.24) is 9.62 Å². The summed E-state index contributed by atoms with van der Waals surface area (Å²) < 4.78 is 32.4. The van der Waals surface area contributed by atoms with Crippen LogP contribution in [0.15, 0.2) is 47.4 Å². The first kappa shape index (κ1) is 20.9. The van der Waals surface area contributed by atoms with Gasteiger partial charge in [0.25, 0.3) is 5.91 Å². The predicted octanol–water partition coefficient (Wildman–Crippen LogP) is 3.59. The van der Waals surface area contributed by atoms with Crippen molar-refractivity contribution in [3.05, 3.63) is 58.1 Å². The van der Waals surface area contributed by atoms with Crippen molar-refractivity contribution in [2.75, 3.05) is 26.2 Å². The SMILES string of the molecule is O=C(NCCOc1ccc(Cl)cc1)c1ccc(Cl)c(S(=O)(=O)N2CCCC2)c1. The Bertz CT molecular complexity index is 943. The number of hydrogen-bond donors (Lipinski definition) is 1. The highest BCUT2D eigenvalue weighted by atomic mass is 35.5. The molecule has 1 saturated heterocycles. The van der Waals surface area contributed by atoms with Crippen molar-refractivity contribution in [2.24, 2.45) is 0 Å². The van der Waals surface area contributed by atoms with Gasteiger partial charge in [-0.1, -0.05) is 23.2 Å². The van der Waals surface area contributed by atoms with Crippen LogP contribution in [0.4, 0.5) is 0 Å². The minimum atomic E-state index is -3.70. The third kappa shape index (κ3) is 4.97. The van der Waals surface area contributed by atoms with E-state index in [0.717, 1.165) is 12.8 Å². The van der Waals surface area contributed by atoms with E-state index in [2.05, 4.69) is 5.32 Å². The average Bonchev–Trinajstić information content (AvgIpc) is 3.22. The predicted molar refractivity (Wildman–Crippen MR) is 109 cm³/mol. The van der Waals surface area contributed by atoms with Crippen LogP contribution in [-0.2, 0) is 10.0 Å². The zero-order chi connectivity index (χ0) is 20.1. The van der Waals surface area contributed by atoms with E-state index in [0.29, 0.717) is 23.9 Å². The Hall–Kier alpha value is -1.80. The van der Waals surface area contributed by atoms with Crippen LogP contribution < -0.4 is 10.1 Å². The normalized spacial score (nSPS) is 14.8. The van der Waals surface area contributed by atoms with Crippen molar-refractivity contribution < 1.29 is 17.9 Å².